The molecule has 0 bridgehead atoms. The number of aryl methyl sites for hydroxylation is 2. The summed E-state index contributed by atoms with van der Waals surface area (Å²) in [6.07, 6.45) is 0.806. The van der Waals surface area contributed by atoms with Crippen molar-refractivity contribution >= 4 is 11.9 Å². The minimum Gasteiger partial charge on any atom is -0.476 e. The number of carbonyl (C=O) groups is 2. The highest BCUT2D eigenvalue weighted by molar-refractivity contribution is 5.93. The molecular formula is C13H12N2O5. The zero-order chi connectivity index (χ0) is 14.9. The highest BCUT2D eigenvalue weighted by atomic mass is 16.6. The molecule has 7 heteroatoms. The van der Waals surface area contributed by atoms with E-state index in [9.17, 15) is 9.59 Å². The van der Waals surface area contributed by atoms with E-state index in [-0.39, 0.29) is 11.8 Å². The van der Waals surface area contributed by atoms with Crippen molar-refractivity contribution < 1.29 is 23.8 Å². The molecule has 0 unspecified atom stereocenters. The van der Waals surface area contributed by atoms with Gasteiger partial charge in [-0.05, 0) is 37.1 Å². The van der Waals surface area contributed by atoms with Crippen molar-refractivity contribution in [3.05, 3.63) is 40.8 Å². The average molecular weight is 276 g/mol. The zero-order valence-electron chi connectivity index (χ0n) is 10.8. The molecule has 20 heavy (non-hydrogen) atoms. The molecule has 0 saturated carbocycles. The molecule has 0 aliphatic heterocycles. The SMILES string of the molecule is Cc1cc(C(N)=O)cc(C)c1Oc1nc(C(=O)O)co1. The normalized spacial score (nSPS) is 10.3. The Morgan fingerprint density at radius 2 is 1.90 bits per heavy atom. The van der Waals surface area contributed by atoms with Crippen molar-refractivity contribution in [2.24, 2.45) is 5.73 Å². The number of nitrogens with two attached hydrogens (primary N) is 1. The standard InChI is InChI=1S/C13H12N2O5/c1-6-3-8(11(14)16)4-7(2)10(6)20-13-15-9(5-19-13)12(17)18/h3-5H,1-2H3,(H2,14,16)(H,17,18). The van der Waals surface area contributed by atoms with Crippen LogP contribution in [0.2, 0.25) is 0 Å². The summed E-state index contributed by atoms with van der Waals surface area (Å²) >= 11 is 0. The predicted molar refractivity (Wildman–Crippen MR) is 68.0 cm³/mol. The summed E-state index contributed by atoms with van der Waals surface area (Å²) in [4.78, 5) is 25.5. The minimum atomic E-state index is -1.21. The largest absolute Gasteiger partial charge is 0.476 e. The lowest BCUT2D eigenvalue weighted by Crippen LogP contribution is -2.11. The number of oxazole rings is 1. The van der Waals surface area contributed by atoms with Crippen LogP contribution in [0.25, 0.3) is 0 Å². The molecule has 0 radical (unpaired) electrons. The number of aromatic nitrogens is 1. The number of carboxylic acid groups (broad SMARTS) is 1. The number of rotatable bonds is 4. The molecular weight excluding hydrogens is 264 g/mol. The van der Waals surface area contributed by atoms with Crippen LogP contribution in [0.5, 0.6) is 11.8 Å². The molecule has 1 amide bonds. The quantitative estimate of drug-likeness (QED) is 0.880. The van der Waals surface area contributed by atoms with E-state index in [4.69, 9.17) is 20.0 Å². The molecule has 1 aromatic heterocycles. The van der Waals surface area contributed by atoms with Crippen LogP contribution in [0.3, 0.4) is 0 Å². The molecule has 2 rings (SSSR count). The second-order valence-corrected chi connectivity index (χ2v) is 4.21. The zero-order valence-corrected chi connectivity index (χ0v) is 10.8. The molecule has 0 saturated heterocycles. The van der Waals surface area contributed by atoms with Gasteiger partial charge in [-0.1, -0.05) is 0 Å². The molecule has 1 aromatic carbocycles. The Morgan fingerprint density at radius 3 is 2.35 bits per heavy atom. The molecule has 3 N–H and O–H groups in total. The lowest BCUT2D eigenvalue weighted by molar-refractivity contribution is 0.0690. The lowest BCUT2D eigenvalue weighted by atomic mass is 10.1. The van der Waals surface area contributed by atoms with Gasteiger partial charge in [-0.15, -0.1) is 0 Å². The van der Waals surface area contributed by atoms with Gasteiger partial charge in [-0.2, -0.15) is 4.98 Å². The van der Waals surface area contributed by atoms with E-state index in [0.717, 1.165) is 6.26 Å². The van der Waals surface area contributed by atoms with E-state index in [1.54, 1.807) is 26.0 Å². The molecule has 0 spiro atoms. The second kappa shape index (κ2) is 5.04. The summed E-state index contributed by atoms with van der Waals surface area (Å²) in [6.45, 7) is 3.46. The van der Waals surface area contributed by atoms with Gasteiger partial charge in [-0.3, -0.25) is 4.79 Å². The summed E-state index contributed by atoms with van der Waals surface area (Å²) in [7, 11) is 0. The van der Waals surface area contributed by atoms with E-state index in [1.807, 2.05) is 0 Å². The van der Waals surface area contributed by atoms with Gasteiger partial charge in [0.2, 0.25) is 5.91 Å². The molecule has 7 nitrogen and oxygen atoms in total. The Morgan fingerprint density at radius 1 is 1.30 bits per heavy atom. The Kier molecular flexibility index (Phi) is 3.43. The van der Waals surface area contributed by atoms with Gasteiger partial charge in [0.25, 0.3) is 0 Å². The number of carboxylic acids is 1. The number of benzene rings is 1. The van der Waals surface area contributed by atoms with E-state index >= 15 is 0 Å². The number of hydrogen-bond acceptors (Lipinski definition) is 5. The first kappa shape index (κ1) is 13.6. The summed E-state index contributed by atoms with van der Waals surface area (Å²) < 4.78 is 10.3. The third-order valence-corrected chi connectivity index (χ3v) is 2.64. The molecule has 0 fully saturated rings. The van der Waals surface area contributed by atoms with Gasteiger partial charge in [-0.25, -0.2) is 4.79 Å². The molecule has 2 aromatic rings. The lowest BCUT2D eigenvalue weighted by Gasteiger charge is -2.10. The molecule has 0 aliphatic rings. The van der Waals surface area contributed by atoms with Crippen LogP contribution in [-0.4, -0.2) is 22.0 Å². The Hall–Kier alpha value is -2.83. The topological polar surface area (TPSA) is 116 Å². The minimum absolute atomic E-state index is 0.180. The van der Waals surface area contributed by atoms with Gasteiger partial charge < -0.3 is 20.0 Å². The Labute approximate surface area is 114 Å². The van der Waals surface area contributed by atoms with Crippen molar-refractivity contribution in [1.29, 1.82) is 0 Å². The number of primary amides is 1. The van der Waals surface area contributed by atoms with E-state index in [0.29, 0.717) is 22.4 Å². The van der Waals surface area contributed by atoms with Crippen LogP contribution in [0.1, 0.15) is 32.0 Å². The number of carbonyl (C=O) groups excluding carboxylic acids is 1. The third-order valence-electron chi connectivity index (χ3n) is 2.64. The van der Waals surface area contributed by atoms with Crippen molar-refractivity contribution in [2.45, 2.75) is 13.8 Å². The first-order valence-electron chi connectivity index (χ1n) is 5.66. The molecule has 0 aliphatic carbocycles. The van der Waals surface area contributed by atoms with Crippen LogP contribution in [0.15, 0.2) is 22.8 Å². The van der Waals surface area contributed by atoms with E-state index in [2.05, 4.69) is 4.98 Å². The van der Waals surface area contributed by atoms with Crippen molar-refractivity contribution in [3.63, 3.8) is 0 Å². The predicted octanol–water partition coefficient (Wildman–Crippen LogP) is 1.88. The maximum atomic E-state index is 11.1. The fourth-order valence-electron chi connectivity index (χ4n) is 1.74. The molecule has 0 atom stereocenters. The van der Waals surface area contributed by atoms with Crippen LogP contribution in [0.4, 0.5) is 0 Å². The first-order chi connectivity index (χ1) is 9.38. The number of ether oxygens (including phenoxy) is 1. The number of amides is 1. The number of nitrogens with zero attached hydrogens (tertiary/aromatic N) is 1. The van der Waals surface area contributed by atoms with Crippen molar-refractivity contribution in [1.82, 2.24) is 4.98 Å². The highest BCUT2D eigenvalue weighted by Gasteiger charge is 2.15. The van der Waals surface area contributed by atoms with Gasteiger partial charge in [0.1, 0.15) is 12.0 Å². The van der Waals surface area contributed by atoms with Gasteiger partial charge in [0, 0.05) is 5.56 Å². The Balaban J connectivity index is 2.33. The van der Waals surface area contributed by atoms with Crippen molar-refractivity contribution in [3.8, 4) is 11.8 Å². The summed E-state index contributed by atoms with van der Waals surface area (Å²) in [5, 5.41) is 8.74. The molecule has 1 heterocycles. The van der Waals surface area contributed by atoms with E-state index < -0.39 is 11.9 Å². The second-order valence-electron chi connectivity index (χ2n) is 4.21. The van der Waals surface area contributed by atoms with Crippen LogP contribution < -0.4 is 10.5 Å². The highest BCUT2D eigenvalue weighted by Crippen LogP contribution is 2.29. The van der Waals surface area contributed by atoms with Crippen LogP contribution in [0, 0.1) is 13.8 Å². The fraction of sp³-hybridized carbons (Fsp3) is 0.154. The summed E-state index contributed by atoms with van der Waals surface area (Å²) in [5.74, 6) is -1.30. The fourth-order valence-corrected chi connectivity index (χ4v) is 1.74. The third kappa shape index (κ3) is 2.61. The first-order valence-corrected chi connectivity index (χ1v) is 5.66. The maximum absolute atomic E-state index is 11.1. The van der Waals surface area contributed by atoms with Gasteiger partial charge >= 0.3 is 12.0 Å². The average Bonchev–Trinajstić information content (AvgIpc) is 2.82. The van der Waals surface area contributed by atoms with Gasteiger partial charge in [0.15, 0.2) is 5.69 Å². The molecule has 104 valence electrons. The van der Waals surface area contributed by atoms with E-state index in [1.165, 1.54) is 0 Å². The van der Waals surface area contributed by atoms with Gasteiger partial charge in [0.05, 0.1) is 0 Å². The van der Waals surface area contributed by atoms with Crippen LogP contribution >= 0.6 is 0 Å². The summed E-state index contributed by atoms with van der Waals surface area (Å²) in [6, 6.07) is 3.15. The maximum Gasteiger partial charge on any atom is 0.399 e. The van der Waals surface area contributed by atoms with Crippen molar-refractivity contribution in [2.75, 3.05) is 0 Å². The number of aromatic carboxylic acids is 1. The van der Waals surface area contributed by atoms with Crippen LogP contribution in [-0.2, 0) is 0 Å². The smallest absolute Gasteiger partial charge is 0.399 e. The number of hydrogen-bond donors (Lipinski definition) is 2. The summed E-state index contributed by atoms with van der Waals surface area (Å²) in [5.41, 5.74) is 6.66. The Bertz CT molecular complexity index is 667. The monoisotopic (exact) mass is 276 g/mol.